The van der Waals surface area contributed by atoms with Crippen molar-refractivity contribution >= 4 is 27.5 Å². The molecule has 1 heterocycles. The Morgan fingerprint density at radius 1 is 0.935 bits per heavy atom. The van der Waals surface area contributed by atoms with Gasteiger partial charge in [0.05, 0.1) is 16.7 Å². The maximum atomic E-state index is 14.0. The summed E-state index contributed by atoms with van der Waals surface area (Å²) < 4.78 is 0.433. The van der Waals surface area contributed by atoms with Crippen molar-refractivity contribution in [3.63, 3.8) is 0 Å². The van der Waals surface area contributed by atoms with E-state index in [1.54, 1.807) is 11.8 Å². The molecule has 4 nitrogen and oxygen atoms in total. The molecule has 5 heteroatoms. The molecule has 0 bridgehead atoms. The lowest BCUT2D eigenvalue weighted by Gasteiger charge is -2.28. The minimum Gasteiger partial charge on any atom is -0.361 e. The fourth-order valence-electron chi connectivity index (χ4n) is 3.98. The number of halogens is 1. The van der Waals surface area contributed by atoms with Gasteiger partial charge in [0.25, 0.3) is 5.91 Å². The molecule has 0 atom stereocenters. The summed E-state index contributed by atoms with van der Waals surface area (Å²) in [5.74, 6) is -0.276. The first-order chi connectivity index (χ1) is 14.9. The summed E-state index contributed by atoms with van der Waals surface area (Å²) in [6.45, 7) is 8.36. The Morgan fingerprint density at radius 3 is 2.10 bits per heavy atom. The summed E-state index contributed by atoms with van der Waals surface area (Å²) in [7, 11) is 0. The molecule has 0 saturated heterocycles. The molecule has 0 fully saturated rings. The van der Waals surface area contributed by atoms with Gasteiger partial charge in [-0.1, -0.05) is 69.3 Å². The molecule has 0 aliphatic heterocycles. The van der Waals surface area contributed by atoms with Crippen molar-refractivity contribution in [1.29, 1.82) is 0 Å². The van der Waals surface area contributed by atoms with Gasteiger partial charge in [-0.2, -0.15) is 0 Å². The maximum Gasteiger partial charge on any atom is 0.264 e. The number of carbonyl (C=O) groups excluding carboxylic acids is 1. The number of carbonyl (C=O) groups is 1. The van der Waals surface area contributed by atoms with E-state index < -0.39 is 0 Å². The molecular formula is C26H29BrN2O2. The number of H-pyrrole nitrogens is 1. The summed E-state index contributed by atoms with van der Waals surface area (Å²) in [6, 6.07) is 16.1. The van der Waals surface area contributed by atoms with Gasteiger partial charge < -0.3 is 9.88 Å². The quantitative estimate of drug-likeness (QED) is 0.452. The van der Waals surface area contributed by atoms with Crippen molar-refractivity contribution < 1.29 is 4.79 Å². The predicted molar refractivity (Wildman–Crippen MR) is 131 cm³/mol. The molecule has 2 aromatic carbocycles. The number of anilines is 1. The van der Waals surface area contributed by atoms with E-state index in [-0.39, 0.29) is 16.9 Å². The standard InChI is InChI=1S/C26H29BrN2O2/c1-5-19-14-11-15-20(6-2)24(19)29(16-18-12-9-8-10-13-18)26(31)22-17(4)28-21(7-3)23(27)25(22)30/h8-15H,5-7,16H2,1-4H3,(H,28,30). The van der Waals surface area contributed by atoms with Crippen molar-refractivity contribution in [2.45, 2.75) is 53.5 Å². The second kappa shape index (κ2) is 10.1. The van der Waals surface area contributed by atoms with Crippen LogP contribution in [0.25, 0.3) is 0 Å². The number of nitrogens with one attached hydrogen (secondary N) is 1. The van der Waals surface area contributed by atoms with E-state index in [0.29, 0.717) is 23.1 Å². The minimum absolute atomic E-state index is 0.188. The van der Waals surface area contributed by atoms with E-state index in [9.17, 15) is 9.59 Å². The number of aromatic nitrogens is 1. The summed E-state index contributed by atoms with van der Waals surface area (Å²) in [6.07, 6.45) is 2.28. The molecule has 3 aromatic rings. The van der Waals surface area contributed by atoms with Crippen LogP contribution in [-0.4, -0.2) is 10.9 Å². The van der Waals surface area contributed by atoms with E-state index >= 15 is 0 Å². The Labute approximate surface area is 192 Å². The van der Waals surface area contributed by atoms with Crippen molar-refractivity contribution in [2.75, 3.05) is 4.90 Å². The van der Waals surface area contributed by atoms with Crippen molar-refractivity contribution in [3.8, 4) is 0 Å². The van der Waals surface area contributed by atoms with E-state index in [1.165, 1.54) is 0 Å². The lowest BCUT2D eigenvalue weighted by atomic mass is 10.00. The molecule has 1 N–H and O–H groups in total. The number of pyridine rings is 1. The van der Waals surface area contributed by atoms with Crippen molar-refractivity contribution in [3.05, 3.63) is 96.9 Å². The number of rotatable bonds is 7. The number of nitrogens with zero attached hydrogens (tertiary/aromatic N) is 1. The molecule has 0 saturated carbocycles. The number of aryl methyl sites for hydroxylation is 4. The first-order valence-electron chi connectivity index (χ1n) is 10.8. The highest BCUT2D eigenvalue weighted by atomic mass is 79.9. The summed E-state index contributed by atoms with van der Waals surface area (Å²) in [4.78, 5) is 32.2. The van der Waals surface area contributed by atoms with Crippen LogP contribution in [0.15, 0.2) is 57.8 Å². The molecule has 1 aromatic heterocycles. The van der Waals surface area contributed by atoms with Crippen LogP contribution < -0.4 is 10.3 Å². The Kier molecular flexibility index (Phi) is 7.50. The summed E-state index contributed by atoms with van der Waals surface area (Å²) in [5.41, 5.74) is 5.45. The summed E-state index contributed by atoms with van der Waals surface area (Å²) >= 11 is 3.41. The number of hydrogen-bond donors (Lipinski definition) is 1. The smallest absolute Gasteiger partial charge is 0.264 e. The fraction of sp³-hybridized carbons (Fsp3) is 0.308. The van der Waals surface area contributed by atoms with Crippen LogP contribution in [0, 0.1) is 6.92 Å². The van der Waals surface area contributed by atoms with Gasteiger partial charge >= 0.3 is 0 Å². The zero-order chi connectivity index (χ0) is 22.5. The molecule has 3 rings (SSSR count). The Bertz CT molecular complexity index is 1110. The molecule has 0 spiro atoms. The lowest BCUT2D eigenvalue weighted by molar-refractivity contribution is 0.0982. The Balaban J connectivity index is 2.23. The van der Waals surface area contributed by atoms with E-state index in [2.05, 4.69) is 46.9 Å². The van der Waals surface area contributed by atoms with Gasteiger partial charge in [0.1, 0.15) is 5.56 Å². The monoisotopic (exact) mass is 480 g/mol. The van der Waals surface area contributed by atoms with Crippen LogP contribution in [0.4, 0.5) is 5.69 Å². The highest BCUT2D eigenvalue weighted by molar-refractivity contribution is 9.10. The van der Waals surface area contributed by atoms with Gasteiger partial charge in [0.15, 0.2) is 0 Å². The van der Waals surface area contributed by atoms with Crippen LogP contribution >= 0.6 is 15.9 Å². The molecule has 0 aliphatic carbocycles. The molecule has 0 unspecified atom stereocenters. The van der Waals surface area contributed by atoms with Gasteiger partial charge in [-0.15, -0.1) is 0 Å². The lowest BCUT2D eigenvalue weighted by Crippen LogP contribution is -2.36. The van der Waals surface area contributed by atoms with Crippen molar-refractivity contribution in [2.24, 2.45) is 0 Å². The van der Waals surface area contributed by atoms with Crippen LogP contribution in [0.2, 0.25) is 0 Å². The Hall–Kier alpha value is -2.66. The Morgan fingerprint density at radius 2 is 1.55 bits per heavy atom. The van der Waals surface area contributed by atoms with Crippen LogP contribution in [0.5, 0.6) is 0 Å². The third kappa shape index (κ3) is 4.67. The molecule has 0 aliphatic rings. The van der Waals surface area contributed by atoms with E-state index in [1.807, 2.05) is 43.3 Å². The number of para-hydroxylation sites is 1. The zero-order valence-corrected chi connectivity index (χ0v) is 20.2. The molecule has 31 heavy (non-hydrogen) atoms. The average Bonchev–Trinajstić information content (AvgIpc) is 2.79. The first kappa shape index (κ1) is 23.0. The number of benzene rings is 2. The van der Waals surface area contributed by atoms with Gasteiger partial charge in [-0.3, -0.25) is 9.59 Å². The summed E-state index contributed by atoms with van der Waals surface area (Å²) in [5, 5.41) is 0. The number of hydrogen-bond acceptors (Lipinski definition) is 2. The highest BCUT2D eigenvalue weighted by Gasteiger charge is 2.27. The third-order valence-electron chi connectivity index (χ3n) is 5.64. The van der Waals surface area contributed by atoms with Crippen molar-refractivity contribution in [1.82, 2.24) is 4.98 Å². The molecule has 0 radical (unpaired) electrons. The van der Waals surface area contributed by atoms with Gasteiger partial charge in [0, 0.05) is 11.4 Å². The average molecular weight is 481 g/mol. The second-order valence-corrected chi connectivity index (χ2v) is 8.40. The maximum absolute atomic E-state index is 14.0. The number of amides is 1. The first-order valence-corrected chi connectivity index (χ1v) is 11.6. The zero-order valence-electron chi connectivity index (χ0n) is 18.6. The van der Waals surface area contributed by atoms with E-state index in [0.717, 1.165) is 40.9 Å². The number of aromatic amines is 1. The third-order valence-corrected chi connectivity index (χ3v) is 6.47. The molecule has 1 amide bonds. The van der Waals surface area contributed by atoms with Gasteiger partial charge in [-0.25, -0.2) is 0 Å². The van der Waals surface area contributed by atoms with Gasteiger partial charge in [-0.05, 0) is 58.8 Å². The van der Waals surface area contributed by atoms with Crippen LogP contribution in [-0.2, 0) is 25.8 Å². The minimum atomic E-state index is -0.276. The molecular weight excluding hydrogens is 452 g/mol. The van der Waals surface area contributed by atoms with Crippen LogP contribution in [0.3, 0.4) is 0 Å². The topological polar surface area (TPSA) is 53.2 Å². The predicted octanol–water partition coefficient (Wildman–Crippen LogP) is 5.98. The fourth-order valence-corrected chi connectivity index (χ4v) is 4.55. The SMILES string of the molecule is CCc1cccc(CC)c1N(Cc1ccccc1)C(=O)c1c(C)[nH]c(CC)c(Br)c1=O. The normalized spacial score (nSPS) is 10.9. The van der Waals surface area contributed by atoms with Crippen LogP contribution in [0.1, 0.15) is 59.2 Å². The largest absolute Gasteiger partial charge is 0.361 e. The second-order valence-electron chi connectivity index (χ2n) is 7.61. The molecule has 162 valence electrons. The highest BCUT2D eigenvalue weighted by Crippen LogP contribution is 2.30. The van der Waals surface area contributed by atoms with E-state index in [4.69, 9.17) is 0 Å². The van der Waals surface area contributed by atoms with Gasteiger partial charge in [0.2, 0.25) is 5.43 Å².